The Morgan fingerprint density at radius 1 is 1.11 bits per heavy atom. The molecule has 18 heavy (non-hydrogen) atoms. The summed E-state index contributed by atoms with van der Waals surface area (Å²) >= 11 is 0. The molecule has 2 aliphatic rings. The van der Waals surface area contributed by atoms with E-state index in [0.717, 1.165) is 31.5 Å². The van der Waals surface area contributed by atoms with E-state index < -0.39 is 0 Å². The van der Waals surface area contributed by atoms with Gasteiger partial charge in [0.05, 0.1) is 0 Å². The number of likely N-dealkylation sites (N-methyl/N-ethyl adjacent to an activating group) is 1. The zero-order valence-corrected chi connectivity index (χ0v) is 12.4. The van der Waals surface area contributed by atoms with Crippen LogP contribution in [0.5, 0.6) is 0 Å². The third kappa shape index (κ3) is 2.73. The molecule has 106 valence electrons. The van der Waals surface area contributed by atoms with E-state index in [1.165, 1.54) is 32.4 Å². The summed E-state index contributed by atoms with van der Waals surface area (Å²) in [6.45, 7) is 8.27. The monoisotopic (exact) mass is 254 g/mol. The minimum Gasteiger partial charge on any atom is -0.396 e. The highest BCUT2D eigenvalue weighted by atomic mass is 16.3. The summed E-state index contributed by atoms with van der Waals surface area (Å²) in [5.41, 5.74) is 0.127. The van der Waals surface area contributed by atoms with Gasteiger partial charge in [-0.15, -0.1) is 0 Å². The fourth-order valence-corrected chi connectivity index (χ4v) is 3.74. The largest absolute Gasteiger partial charge is 0.396 e. The van der Waals surface area contributed by atoms with Crippen LogP contribution in [-0.4, -0.2) is 60.3 Å². The van der Waals surface area contributed by atoms with Crippen molar-refractivity contribution < 1.29 is 5.11 Å². The molecule has 2 aliphatic heterocycles. The third-order valence-corrected chi connectivity index (χ3v) is 5.63. The number of hydrogen-bond acceptors (Lipinski definition) is 3. The maximum atomic E-state index is 9.72. The van der Waals surface area contributed by atoms with E-state index in [2.05, 4.69) is 30.7 Å². The first-order valence-electron chi connectivity index (χ1n) is 7.69. The molecule has 0 aromatic rings. The maximum absolute atomic E-state index is 9.72. The van der Waals surface area contributed by atoms with Gasteiger partial charge in [0.1, 0.15) is 0 Å². The molecule has 0 aliphatic carbocycles. The summed E-state index contributed by atoms with van der Waals surface area (Å²) in [5.74, 6) is 0. The Balaban J connectivity index is 1.98. The molecule has 2 unspecified atom stereocenters. The average molecular weight is 254 g/mol. The molecule has 0 aromatic carbocycles. The minimum atomic E-state index is 0.127. The van der Waals surface area contributed by atoms with Crippen molar-refractivity contribution in [1.29, 1.82) is 0 Å². The van der Waals surface area contributed by atoms with Crippen LogP contribution >= 0.6 is 0 Å². The van der Waals surface area contributed by atoms with Gasteiger partial charge in [0.2, 0.25) is 0 Å². The average Bonchev–Trinajstić information content (AvgIpc) is 2.64. The predicted molar refractivity (Wildman–Crippen MR) is 75.7 cm³/mol. The molecular weight excluding hydrogens is 224 g/mol. The Morgan fingerprint density at radius 3 is 2.39 bits per heavy atom. The predicted octanol–water partition coefficient (Wildman–Crippen LogP) is 1.95. The molecule has 3 heteroatoms. The molecule has 1 N–H and O–H groups in total. The summed E-state index contributed by atoms with van der Waals surface area (Å²) in [5, 5.41) is 9.72. The number of likely N-dealkylation sites (tertiary alicyclic amines) is 1. The van der Waals surface area contributed by atoms with Crippen molar-refractivity contribution in [1.82, 2.24) is 9.80 Å². The first kappa shape index (κ1) is 14.3. The van der Waals surface area contributed by atoms with E-state index in [1.54, 1.807) is 0 Å². The molecule has 0 saturated carbocycles. The van der Waals surface area contributed by atoms with Crippen molar-refractivity contribution in [3.63, 3.8) is 0 Å². The molecule has 2 saturated heterocycles. The van der Waals surface area contributed by atoms with Crippen molar-refractivity contribution >= 4 is 0 Å². The standard InChI is InChI=1S/C15H30N2O/c1-4-15(5-2,12-18)11-17-9-8-13-6-7-14(10-17)16(13)3/h13-14,18H,4-12H2,1-3H3. The lowest BCUT2D eigenvalue weighted by Crippen LogP contribution is -2.43. The maximum Gasteiger partial charge on any atom is 0.0499 e. The van der Waals surface area contributed by atoms with Crippen LogP contribution in [0.15, 0.2) is 0 Å². The summed E-state index contributed by atoms with van der Waals surface area (Å²) in [6.07, 6.45) is 6.23. The van der Waals surface area contributed by atoms with Gasteiger partial charge in [-0.1, -0.05) is 13.8 Å². The zero-order valence-electron chi connectivity index (χ0n) is 12.4. The number of rotatable bonds is 5. The van der Waals surface area contributed by atoms with Gasteiger partial charge >= 0.3 is 0 Å². The van der Waals surface area contributed by atoms with Gasteiger partial charge in [-0.2, -0.15) is 0 Å². The normalized spacial score (nSPS) is 30.7. The quantitative estimate of drug-likeness (QED) is 0.812. The van der Waals surface area contributed by atoms with Crippen LogP contribution in [0.2, 0.25) is 0 Å². The van der Waals surface area contributed by atoms with Crippen LogP contribution in [0.3, 0.4) is 0 Å². The fraction of sp³-hybridized carbons (Fsp3) is 1.00. The number of nitrogens with zero attached hydrogens (tertiary/aromatic N) is 2. The van der Waals surface area contributed by atoms with Crippen molar-refractivity contribution in [3.05, 3.63) is 0 Å². The van der Waals surface area contributed by atoms with Crippen LogP contribution in [0.1, 0.15) is 46.0 Å². The first-order chi connectivity index (χ1) is 8.64. The van der Waals surface area contributed by atoms with Gasteiger partial charge in [0.25, 0.3) is 0 Å². The molecule has 2 atom stereocenters. The number of aliphatic hydroxyl groups is 1. The number of hydrogen-bond donors (Lipinski definition) is 1. The van der Waals surface area contributed by atoms with Crippen LogP contribution < -0.4 is 0 Å². The molecule has 0 radical (unpaired) electrons. The number of fused-ring (bicyclic) bond motifs is 2. The van der Waals surface area contributed by atoms with Crippen molar-refractivity contribution in [2.24, 2.45) is 5.41 Å². The van der Waals surface area contributed by atoms with E-state index in [-0.39, 0.29) is 5.41 Å². The van der Waals surface area contributed by atoms with Crippen LogP contribution in [-0.2, 0) is 0 Å². The molecule has 2 fully saturated rings. The molecule has 0 amide bonds. The second kappa shape index (κ2) is 5.89. The molecule has 0 spiro atoms. The Bertz CT molecular complexity index is 257. The summed E-state index contributed by atoms with van der Waals surface area (Å²) in [7, 11) is 2.30. The smallest absolute Gasteiger partial charge is 0.0499 e. The van der Waals surface area contributed by atoms with Crippen molar-refractivity contribution in [2.45, 2.75) is 58.0 Å². The van der Waals surface area contributed by atoms with Gasteiger partial charge in [-0.25, -0.2) is 0 Å². The molecule has 3 nitrogen and oxygen atoms in total. The highest BCUT2D eigenvalue weighted by Crippen LogP contribution is 2.32. The molecule has 2 bridgehead atoms. The highest BCUT2D eigenvalue weighted by Gasteiger charge is 2.37. The Morgan fingerprint density at radius 2 is 1.78 bits per heavy atom. The molecule has 2 heterocycles. The van der Waals surface area contributed by atoms with Gasteiger partial charge in [0.15, 0.2) is 0 Å². The van der Waals surface area contributed by atoms with E-state index in [0.29, 0.717) is 6.61 Å². The van der Waals surface area contributed by atoms with Crippen molar-refractivity contribution in [3.8, 4) is 0 Å². The van der Waals surface area contributed by atoms with Crippen LogP contribution in [0.25, 0.3) is 0 Å². The molecule has 2 rings (SSSR count). The van der Waals surface area contributed by atoms with E-state index in [1.807, 2.05) is 0 Å². The van der Waals surface area contributed by atoms with Crippen LogP contribution in [0.4, 0.5) is 0 Å². The fourth-order valence-electron chi connectivity index (χ4n) is 3.74. The molecule has 0 aromatic heterocycles. The second-order valence-electron chi connectivity index (χ2n) is 6.44. The van der Waals surface area contributed by atoms with E-state index in [9.17, 15) is 5.11 Å². The van der Waals surface area contributed by atoms with Gasteiger partial charge in [-0.3, -0.25) is 4.90 Å². The lowest BCUT2D eigenvalue weighted by Gasteiger charge is -2.36. The van der Waals surface area contributed by atoms with E-state index >= 15 is 0 Å². The van der Waals surface area contributed by atoms with Gasteiger partial charge in [-0.05, 0) is 45.7 Å². The zero-order chi connectivity index (χ0) is 13.2. The lowest BCUT2D eigenvalue weighted by molar-refractivity contribution is 0.0619. The Kier molecular flexibility index (Phi) is 4.68. The van der Waals surface area contributed by atoms with Gasteiger partial charge in [0, 0.05) is 37.2 Å². The Hall–Kier alpha value is -0.120. The third-order valence-electron chi connectivity index (χ3n) is 5.63. The van der Waals surface area contributed by atoms with Crippen molar-refractivity contribution in [2.75, 3.05) is 33.3 Å². The minimum absolute atomic E-state index is 0.127. The highest BCUT2D eigenvalue weighted by molar-refractivity contribution is 4.92. The molecular formula is C15H30N2O. The van der Waals surface area contributed by atoms with E-state index in [4.69, 9.17) is 0 Å². The lowest BCUT2D eigenvalue weighted by atomic mass is 9.82. The number of aliphatic hydroxyl groups excluding tert-OH is 1. The SMILES string of the molecule is CCC(CC)(CO)CN1CCC2CCC(C1)N2C. The summed E-state index contributed by atoms with van der Waals surface area (Å²) in [4.78, 5) is 5.21. The summed E-state index contributed by atoms with van der Waals surface area (Å²) < 4.78 is 0. The topological polar surface area (TPSA) is 26.7 Å². The first-order valence-corrected chi connectivity index (χ1v) is 7.69. The van der Waals surface area contributed by atoms with Crippen LogP contribution in [0, 0.1) is 5.41 Å². The van der Waals surface area contributed by atoms with Gasteiger partial charge < -0.3 is 10.0 Å². The Labute approximate surface area is 112 Å². The summed E-state index contributed by atoms with van der Waals surface area (Å²) in [6, 6.07) is 1.56. The second-order valence-corrected chi connectivity index (χ2v) is 6.44.